The van der Waals surface area contributed by atoms with Gasteiger partial charge in [0.05, 0.1) is 0 Å². The first-order valence-corrected chi connectivity index (χ1v) is 8.94. The summed E-state index contributed by atoms with van der Waals surface area (Å²) in [6.45, 7) is 0.934. The first kappa shape index (κ1) is 16.3. The average molecular weight is 341 g/mol. The number of nitrogens with zero attached hydrogens (tertiary/aromatic N) is 2. The molecule has 26 heavy (non-hydrogen) atoms. The summed E-state index contributed by atoms with van der Waals surface area (Å²) < 4.78 is 4.18. The van der Waals surface area contributed by atoms with E-state index in [9.17, 15) is 0 Å². The molecule has 0 unspecified atom stereocenters. The van der Waals surface area contributed by atoms with Crippen molar-refractivity contribution < 1.29 is 9.13 Å². The van der Waals surface area contributed by atoms with Crippen LogP contribution in [0.2, 0.25) is 0 Å². The molecular formula is C23H23N3+2. The molecule has 0 spiro atoms. The molecule has 3 nitrogen and oxygen atoms in total. The maximum Gasteiger partial charge on any atom is 0.210 e. The zero-order valence-electron chi connectivity index (χ0n) is 14.9. The van der Waals surface area contributed by atoms with Crippen molar-refractivity contribution in [3.63, 3.8) is 0 Å². The molecule has 4 rings (SSSR count). The Labute approximate surface area is 154 Å². The predicted molar refractivity (Wildman–Crippen MR) is 105 cm³/mol. The highest BCUT2D eigenvalue weighted by molar-refractivity contribution is 5.61. The fourth-order valence-electron chi connectivity index (χ4n) is 3.09. The second-order valence-corrected chi connectivity index (χ2v) is 6.61. The fraction of sp³-hybridized carbons (Fsp3) is 0.130. The first-order chi connectivity index (χ1) is 12.8. The van der Waals surface area contributed by atoms with Crippen molar-refractivity contribution >= 4 is 5.69 Å². The van der Waals surface area contributed by atoms with Crippen molar-refractivity contribution in [1.29, 1.82) is 0 Å². The number of rotatable bonds is 5. The van der Waals surface area contributed by atoms with E-state index in [2.05, 4.69) is 108 Å². The molecule has 128 valence electrons. The van der Waals surface area contributed by atoms with E-state index in [0.717, 1.165) is 17.9 Å². The third-order valence-electron chi connectivity index (χ3n) is 4.68. The molecule has 0 atom stereocenters. The van der Waals surface area contributed by atoms with E-state index in [1.165, 1.54) is 11.1 Å². The van der Waals surface area contributed by atoms with Gasteiger partial charge in [0.1, 0.15) is 7.05 Å². The molecule has 1 aliphatic carbocycles. The predicted octanol–water partition coefficient (Wildman–Crippen LogP) is 3.61. The fourth-order valence-corrected chi connectivity index (χ4v) is 3.09. The Bertz CT molecular complexity index is 909. The molecule has 2 heterocycles. The Morgan fingerprint density at radius 3 is 1.96 bits per heavy atom. The van der Waals surface area contributed by atoms with Crippen LogP contribution in [0.15, 0.2) is 97.6 Å². The van der Waals surface area contributed by atoms with E-state index in [1.807, 2.05) is 11.6 Å². The van der Waals surface area contributed by atoms with E-state index in [-0.39, 0.29) is 0 Å². The maximum absolute atomic E-state index is 3.49. The number of benzene rings is 1. The van der Waals surface area contributed by atoms with Crippen LogP contribution in [0, 0.1) is 5.92 Å². The Morgan fingerprint density at radius 1 is 0.769 bits per heavy atom. The van der Waals surface area contributed by atoms with Gasteiger partial charge in [-0.2, -0.15) is 4.57 Å². The van der Waals surface area contributed by atoms with Crippen molar-refractivity contribution in [3.05, 3.63) is 97.6 Å². The standard InChI is InChI=1S/C23H22N3/c1-25-14-10-20(11-15-25)21-12-16-26(17-13-21)23-8-6-22(7-9-23)24-18-19-4-2-3-5-19/h2-17,19H,18H2,1H3/q+1/p+1. The van der Waals surface area contributed by atoms with Crippen LogP contribution in [-0.2, 0) is 7.05 Å². The Hall–Kier alpha value is -3.20. The van der Waals surface area contributed by atoms with Crippen LogP contribution in [-0.4, -0.2) is 6.54 Å². The van der Waals surface area contributed by atoms with E-state index in [0.29, 0.717) is 5.92 Å². The van der Waals surface area contributed by atoms with Gasteiger partial charge in [-0.1, -0.05) is 24.3 Å². The van der Waals surface area contributed by atoms with Gasteiger partial charge in [0, 0.05) is 54.5 Å². The summed E-state index contributed by atoms with van der Waals surface area (Å²) in [5.41, 5.74) is 4.75. The molecule has 1 N–H and O–H groups in total. The molecule has 3 heteroatoms. The van der Waals surface area contributed by atoms with Crippen LogP contribution < -0.4 is 14.5 Å². The molecule has 3 aromatic rings. The van der Waals surface area contributed by atoms with Crippen molar-refractivity contribution in [2.45, 2.75) is 0 Å². The Morgan fingerprint density at radius 2 is 1.35 bits per heavy atom. The van der Waals surface area contributed by atoms with Crippen LogP contribution in [0.4, 0.5) is 5.69 Å². The monoisotopic (exact) mass is 341 g/mol. The smallest absolute Gasteiger partial charge is 0.210 e. The van der Waals surface area contributed by atoms with E-state index in [1.54, 1.807) is 0 Å². The van der Waals surface area contributed by atoms with E-state index < -0.39 is 0 Å². The minimum atomic E-state index is 0.497. The van der Waals surface area contributed by atoms with Gasteiger partial charge in [0.15, 0.2) is 24.8 Å². The number of hydrogen-bond acceptors (Lipinski definition) is 1. The van der Waals surface area contributed by atoms with Crippen LogP contribution in [0.5, 0.6) is 0 Å². The van der Waals surface area contributed by atoms with E-state index >= 15 is 0 Å². The highest BCUT2D eigenvalue weighted by Crippen LogP contribution is 2.17. The molecule has 0 bridgehead atoms. The molecule has 1 aliphatic rings. The Balaban J connectivity index is 1.44. The van der Waals surface area contributed by atoms with Gasteiger partial charge in [-0.15, -0.1) is 0 Å². The molecule has 0 aliphatic heterocycles. The highest BCUT2D eigenvalue weighted by Gasteiger charge is 2.08. The topological polar surface area (TPSA) is 19.8 Å². The van der Waals surface area contributed by atoms with Gasteiger partial charge in [0.2, 0.25) is 5.69 Å². The summed E-state index contributed by atoms with van der Waals surface area (Å²) in [6.07, 6.45) is 17.0. The van der Waals surface area contributed by atoms with Crippen LogP contribution in [0.1, 0.15) is 0 Å². The zero-order valence-corrected chi connectivity index (χ0v) is 14.9. The van der Waals surface area contributed by atoms with Gasteiger partial charge >= 0.3 is 0 Å². The molecule has 2 aromatic heterocycles. The summed E-state index contributed by atoms with van der Waals surface area (Å²) in [6, 6.07) is 17.1. The van der Waals surface area contributed by atoms with Crippen molar-refractivity contribution in [2.24, 2.45) is 13.0 Å². The number of pyridine rings is 2. The van der Waals surface area contributed by atoms with Crippen molar-refractivity contribution in [1.82, 2.24) is 0 Å². The lowest BCUT2D eigenvalue weighted by Crippen LogP contribution is -2.29. The zero-order chi connectivity index (χ0) is 17.8. The lowest BCUT2D eigenvalue weighted by molar-refractivity contribution is -0.671. The second kappa shape index (κ2) is 7.36. The average Bonchev–Trinajstić information content (AvgIpc) is 3.21. The third kappa shape index (κ3) is 3.72. The number of hydrogen-bond donors (Lipinski definition) is 1. The number of nitrogens with one attached hydrogen (secondary N) is 1. The minimum absolute atomic E-state index is 0.497. The molecule has 0 saturated carbocycles. The highest BCUT2D eigenvalue weighted by atomic mass is 14.9. The first-order valence-electron chi connectivity index (χ1n) is 8.94. The number of aromatic nitrogens is 2. The Kier molecular flexibility index (Phi) is 4.61. The summed E-state index contributed by atoms with van der Waals surface area (Å²) in [4.78, 5) is 0. The van der Waals surface area contributed by atoms with Crippen molar-refractivity contribution in [3.8, 4) is 16.8 Å². The summed E-state index contributed by atoms with van der Waals surface area (Å²) in [5.74, 6) is 0.497. The molecule has 0 amide bonds. The van der Waals surface area contributed by atoms with Gasteiger partial charge in [-0.3, -0.25) is 0 Å². The summed E-state index contributed by atoms with van der Waals surface area (Å²) in [5, 5.41) is 3.49. The van der Waals surface area contributed by atoms with Gasteiger partial charge in [-0.25, -0.2) is 4.57 Å². The van der Waals surface area contributed by atoms with Gasteiger partial charge in [0.25, 0.3) is 0 Å². The van der Waals surface area contributed by atoms with Crippen LogP contribution >= 0.6 is 0 Å². The SMILES string of the molecule is C[n+]1ccc(-c2cc[n+](-c3ccc(NCC4C=CC=C4)cc3)cc2)cc1. The number of anilines is 1. The van der Waals surface area contributed by atoms with Gasteiger partial charge in [-0.05, 0) is 23.3 Å². The largest absolute Gasteiger partial charge is 0.384 e. The molecule has 0 saturated heterocycles. The molecule has 0 fully saturated rings. The quantitative estimate of drug-likeness (QED) is 0.703. The lowest BCUT2D eigenvalue weighted by Gasteiger charge is -2.09. The minimum Gasteiger partial charge on any atom is -0.384 e. The summed E-state index contributed by atoms with van der Waals surface area (Å²) >= 11 is 0. The van der Waals surface area contributed by atoms with Crippen LogP contribution in [0.25, 0.3) is 16.8 Å². The molecular weight excluding hydrogens is 318 g/mol. The molecule has 0 radical (unpaired) electrons. The number of aryl methyl sites for hydroxylation is 1. The number of allylic oxidation sites excluding steroid dienone is 2. The van der Waals surface area contributed by atoms with Gasteiger partial charge < -0.3 is 5.32 Å². The van der Waals surface area contributed by atoms with Crippen molar-refractivity contribution in [2.75, 3.05) is 11.9 Å². The molecule has 1 aromatic carbocycles. The normalized spacial score (nSPS) is 13.3. The third-order valence-corrected chi connectivity index (χ3v) is 4.68. The summed E-state index contributed by atoms with van der Waals surface area (Å²) in [7, 11) is 2.03. The van der Waals surface area contributed by atoms with E-state index in [4.69, 9.17) is 0 Å². The lowest BCUT2D eigenvalue weighted by atomic mass is 10.1. The second-order valence-electron chi connectivity index (χ2n) is 6.61. The maximum atomic E-state index is 3.49. The van der Waals surface area contributed by atoms with Crippen LogP contribution in [0.3, 0.4) is 0 Å².